The minimum Gasteiger partial charge on any atom is -0.484 e. The number of rotatable bonds is 1. The molecule has 0 atom stereocenters. The summed E-state index contributed by atoms with van der Waals surface area (Å²) >= 11 is 0. The third-order valence-electron chi connectivity index (χ3n) is 0.153. The first-order chi connectivity index (χ1) is 2.41. The van der Waals surface area contributed by atoms with Gasteiger partial charge < -0.3 is 9.94 Å². The summed E-state index contributed by atoms with van der Waals surface area (Å²) in [6.07, 6.45) is 0.931. The van der Waals surface area contributed by atoms with Gasteiger partial charge in [0, 0.05) is 0 Å². The fourth-order valence-corrected chi connectivity index (χ4v) is 0.0471. The van der Waals surface area contributed by atoms with Crippen molar-refractivity contribution in [2.75, 3.05) is 7.11 Å². The molecule has 3 heteroatoms. The molecule has 0 aliphatic heterocycles. The molecule has 3 nitrogen and oxygen atoms in total. The smallest absolute Gasteiger partial charge is 0.211 e. The molecule has 0 radical (unpaired) electrons. The summed E-state index contributed by atoms with van der Waals surface area (Å²) < 4.78 is 4.15. The lowest BCUT2D eigenvalue weighted by Gasteiger charge is -1.74. The van der Waals surface area contributed by atoms with Crippen molar-refractivity contribution in [3.05, 3.63) is 0 Å². The molecule has 0 fully saturated rings. The topological polar surface area (TPSA) is 41.8 Å². The predicted octanol–water partition coefficient (Wildman–Crippen LogP) is 0.0503. The summed E-state index contributed by atoms with van der Waals surface area (Å²) in [4.78, 5) is 0. The highest BCUT2D eigenvalue weighted by Crippen LogP contribution is 1.47. The largest absolute Gasteiger partial charge is 0.484 e. The molecule has 0 aromatic rings. The van der Waals surface area contributed by atoms with Crippen LogP contribution in [0.2, 0.25) is 0 Å². The summed E-state index contributed by atoms with van der Waals surface area (Å²) in [7, 11) is 1.40. The number of nitrogens with zero attached hydrogens (tertiary/aromatic N) is 1. The SMILES string of the molecule is COC=NO. The lowest BCUT2D eigenvalue weighted by atomic mass is 11.4. The molecule has 0 aromatic carbocycles. The summed E-state index contributed by atoms with van der Waals surface area (Å²) in [6.45, 7) is 0. The van der Waals surface area contributed by atoms with Crippen LogP contribution in [0.5, 0.6) is 0 Å². The number of methoxy groups -OCH3 is 1. The van der Waals surface area contributed by atoms with E-state index < -0.39 is 0 Å². The quantitative estimate of drug-likeness (QED) is 0.207. The second-order valence-corrected chi connectivity index (χ2v) is 0.457. The van der Waals surface area contributed by atoms with Crippen LogP contribution in [0.3, 0.4) is 0 Å². The Morgan fingerprint density at radius 1 is 2.00 bits per heavy atom. The Morgan fingerprint density at radius 2 is 2.60 bits per heavy atom. The van der Waals surface area contributed by atoms with Crippen LogP contribution in [0.1, 0.15) is 0 Å². The van der Waals surface area contributed by atoms with E-state index in [1.165, 1.54) is 7.11 Å². The molecule has 0 spiro atoms. The van der Waals surface area contributed by atoms with Gasteiger partial charge in [0.25, 0.3) is 0 Å². The zero-order valence-corrected chi connectivity index (χ0v) is 2.88. The molecule has 0 heterocycles. The van der Waals surface area contributed by atoms with Crippen LogP contribution in [0.15, 0.2) is 5.16 Å². The molecule has 0 aliphatic rings. The highest BCUT2D eigenvalue weighted by atomic mass is 16.5. The molecule has 0 saturated heterocycles. The third-order valence-corrected chi connectivity index (χ3v) is 0.153. The van der Waals surface area contributed by atoms with Crippen LogP contribution < -0.4 is 0 Å². The van der Waals surface area contributed by atoms with Crippen molar-refractivity contribution < 1.29 is 9.94 Å². The van der Waals surface area contributed by atoms with Crippen LogP contribution in [-0.2, 0) is 4.74 Å². The van der Waals surface area contributed by atoms with Crippen molar-refractivity contribution in [3.8, 4) is 0 Å². The van der Waals surface area contributed by atoms with E-state index in [-0.39, 0.29) is 0 Å². The van der Waals surface area contributed by atoms with Crippen molar-refractivity contribution in [3.63, 3.8) is 0 Å². The van der Waals surface area contributed by atoms with Crippen LogP contribution in [0.4, 0.5) is 0 Å². The van der Waals surface area contributed by atoms with E-state index >= 15 is 0 Å². The predicted molar refractivity (Wildman–Crippen MR) is 17.3 cm³/mol. The average Bonchev–Trinajstić information content (AvgIpc) is 1.41. The first-order valence-corrected chi connectivity index (χ1v) is 1.10. The average molecular weight is 75.1 g/mol. The zero-order chi connectivity index (χ0) is 4.12. The van der Waals surface area contributed by atoms with Gasteiger partial charge in [-0.3, -0.25) is 0 Å². The highest BCUT2D eigenvalue weighted by Gasteiger charge is 1.49. The third kappa shape index (κ3) is 3.27. The van der Waals surface area contributed by atoms with Crippen molar-refractivity contribution in [2.45, 2.75) is 0 Å². The van der Waals surface area contributed by atoms with E-state index in [0.717, 1.165) is 6.40 Å². The van der Waals surface area contributed by atoms with Gasteiger partial charge in [0.05, 0.1) is 7.11 Å². The Morgan fingerprint density at radius 3 is 2.60 bits per heavy atom. The maximum Gasteiger partial charge on any atom is 0.211 e. The van der Waals surface area contributed by atoms with Gasteiger partial charge in [-0.15, -0.1) is 0 Å². The first-order valence-electron chi connectivity index (χ1n) is 1.10. The van der Waals surface area contributed by atoms with E-state index in [4.69, 9.17) is 5.21 Å². The first kappa shape index (κ1) is 4.27. The summed E-state index contributed by atoms with van der Waals surface area (Å²) in [6, 6.07) is 0. The van der Waals surface area contributed by atoms with Crippen molar-refractivity contribution in [1.82, 2.24) is 0 Å². The van der Waals surface area contributed by atoms with Gasteiger partial charge >= 0.3 is 0 Å². The molecule has 1 N–H and O–H groups in total. The summed E-state index contributed by atoms with van der Waals surface area (Å²) in [5.74, 6) is 0. The van der Waals surface area contributed by atoms with Crippen LogP contribution >= 0.6 is 0 Å². The Bertz CT molecular complexity index is 34.6. The molecular weight excluding hydrogens is 70.0 g/mol. The Kier molecular flexibility index (Phi) is 2.79. The fourth-order valence-electron chi connectivity index (χ4n) is 0.0471. The molecule has 0 saturated carbocycles. The standard InChI is InChI=1S/C2H5NO2/c1-5-2-3-4/h2,4H,1H3. The minimum atomic E-state index is 0.931. The maximum atomic E-state index is 7.51. The fraction of sp³-hybridized carbons (Fsp3) is 0.500. The maximum absolute atomic E-state index is 7.51. The lowest BCUT2D eigenvalue weighted by molar-refractivity contribution is 0.296. The number of oxime groups is 1. The van der Waals surface area contributed by atoms with Gasteiger partial charge in [0.1, 0.15) is 0 Å². The van der Waals surface area contributed by atoms with Gasteiger partial charge in [-0.25, -0.2) is 0 Å². The molecular formula is C2H5NO2. The Hall–Kier alpha value is -0.730. The van der Waals surface area contributed by atoms with Gasteiger partial charge in [0.15, 0.2) is 0 Å². The Labute approximate surface area is 29.9 Å². The van der Waals surface area contributed by atoms with Crippen LogP contribution in [-0.4, -0.2) is 18.7 Å². The minimum absolute atomic E-state index is 0.931. The Balaban J connectivity index is 2.62. The molecule has 30 valence electrons. The second kappa shape index (κ2) is 3.27. The highest BCUT2D eigenvalue weighted by molar-refractivity contribution is 5.44. The van der Waals surface area contributed by atoms with E-state index in [1.807, 2.05) is 0 Å². The summed E-state index contributed by atoms with van der Waals surface area (Å²) in [5.41, 5.74) is 0. The molecule has 0 unspecified atom stereocenters. The van der Waals surface area contributed by atoms with Crippen molar-refractivity contribution in [1.29, 1.82) is 0 Å². The van der Waals surface area contributed by atoms with E-state index in [1.54, 1.807) is 0 Å². The molecule has 0 aromatic heterocycles. The van der Waals surface area contributed by atoms with Gasteiger partial charge in [-0.1, -0.05) is 5.16 Å². The van der Waals surface area contributed by atoms with Crippen molar-refractivity contribution in [2.24, 2.45) is 5.16 Å². The van der Waals surface area contributed by atoms with Crippen LogP contribution in [0, 0.1) is 0 Å². The van der Waals surface area contributed by atoms with E-state index in [9.17, 15) is 0 Å². The molecule has 0 rings (SSSR count). The lowest BCUT2D eigenvalue weighted by Crippen LogP contribution is -1.71. The van der Waals surface area contributed by atoms with E-state index in [2.05, 4.69) is 9.89 Å². The molecule has 5 heavy (non-hydrogen) atoms. The van der Waals surface area contributed by atoms with E-state index in [0.29, 0.717) is 0 Å². The number of hydrogen-bond donors (Lipinski definition) is 1. The van der Waals surface area contributed by atoms with Crippen molar-refractivity contribution >= 4 is 6.40 Å². The molecule has 0 aliphatic carbocycles. The molecule has 0 amide bonds. The van der Waals surface area contributed by atoms with Gasteiger partial charge in [-0.2, -0.15) is 0 Å². The number of hydrogen-bond acceptors (Lipinski definition) is 3. The van der Waals surface area contributed by atoms with Gasteiger partial charge in [0.2, 0.25) is 6.40 Å². The number of ether oxygens (including phenoxy) is 1. The summed E-state index contributed by atoms with van der Waals surface area (Å²) in [5, 5.41) is 10.0. The van der Waals surface area contributed by atoms with Crippen LogP contribution in [0.25, 0.3) is 0 Å². The zero-order valence-electron chi connectivity index (χ0n) is 2.88. The molecule has 0 bridgehead atoms. The van der Waals surface area contributed by atoms with Gasteiger partial charge in [-0.05, 0) is 0 Å². The second-order valence-electron chi connectivity index (χ2n) is 0.457. The normalized spacial score (nSPS) is 9.00. The monoisotopic (exact) mass is 75.0 g/mol.